The van der Waals surface area contributed by atoms with Crippen LogP contribution in [0, 0.1) is 13.8 Å². The lowest BCUT2D eigenvalue weighted by Crippen LogP contribution is -2.29. The van der Waals surface area contributed by atoms with E-state index in [1.807, 2.05) is 37.3 Å². The number of ether oxygens (including phenoxy) is 5. The highest BCUT2D eigenvalue weighted by Gasteiger charge is 2.49. The summed E-state index contributed by atoms with van der Waals surface area (Å²) in [6.45, 7) is 7.30. The summed E-state index contributed by atoms with van der Waals surface area (Å²) in [7, 11) is 4.33. The number of amides is 1. The van der Waals surface area contributed by atoms with Crippen LogP contribution >= 0.6 is 11.3 Å². The zero-order valence-corrected chi connectivity index (χ0v) is 27.9. The SMILES string of the molecule is C=CCOC(=O)c1sc(N2C(=O)C(=O)C(=C(O)c3ccc(OCc4ccccc4)c(C)c3)[C@H]2c2cc(OC)c(OC)c(OC)c2)nc1C. The predicted molar refractivity (Wildman–Crippen MR) is 180 cm³/mol. The van der Waals surface area contributed by atoms with Gasteiger partial charge in [0.2, 0.25) is 5.75 Å². The molecule has 0 aliphatic carbocycles. The van der Waals surface area contributed by atoms with Crippen molar-refractivity contribution in [1.29, 1.82) is 0 Å². The van der Waals surface area contributed by atoms with Crippen LogP contribution in [-0.4, -0.2) is 55.7 Å². The van der Waals surface area contributed by atoms with Crippen LogP contribution in [0.1, 0.15) is 43.7 Å². The van der Waals surface area contributed by atoms with E-state index in [0.29, 0.717) is 40.5 Å². The van der Waals surface area contributed by atoms with Crippen molar-refractivity contribution < 1.29 is 43.2 Å². The average molecular weight is 671 g/mol. The molecular formula is C36H34N2O9S. The molecule has 48 heavy (non-hydrogen) atoms. The molecule has 0 saturated carbocycles. The Hall–Kier alpha value is -5.62. The first kappa shape index (κ1) is 33.7. The van der Waals surface area contributed by atoms with Gasteiger partial charge in [-0.25, -0.2) is 9.78 Å². The third kappa shape index (κ3) is 6.47. The number of methoxy groups -OCH3 is 3. The molecule has 1 aliphatic heterocycles. The van der Waals surface area contributed by atoms with E-state index in [0.717, 1.165) is 21.8 Å². The first-order chi connectivity index (χ1) is 23.1. The summed E-state index contributed by atoms with van der Waals surface area (Å²) in [5.74, 6) is -1.56. The van der Waals surface area contributed by atoms with Gasteiger partial charge in [-0.1, -0.05) is 54.3 Å². The third-order valence-electron chi connectivity index (χ3n) is 7.64. The fourth-order valence-electron chi connectivity index (χ4n) is 5.33. The van der Waals surface area contributed by atoms with Gasteiger partial charge >= 0.3 is 11.9 Å². The van der Waals surface area contributed by atoms with Crippen molar-refractivity contribution in [3.8, 4) is 23.0 Å². The molecule has 0 unspecified atom stereocenters. The molecule has 0 bridgehead atoms. The number of aromatic nitrogens is 1. The smallest absolute Gasteiger partial charge is 0.350 e. The second kappa shape index (κ2) is 14.4. The van der Waals surface area contributed by atoms with Crippen LogP contribution in [0.15, 0.2) is 78.9 Å². The summed E-state index contributed by atoms with van der Waals surface area (Å²) in [5.41, 5.74) is 2.44. The summed E-state index contributed by atoms with van der Waals surface area (Å²) < 4.78 is 27.8. The summed E-state index contributed by atoms with van der Waals surface area (Å²) >= 11 is 0.890. The lowest BCUT2D eigenvalue weighted by atomic mass is 9.94. The molecule has 4 aromatic rings. The molecular weight excluding hydrogens is 636 g/mol. The zero-order valence-electron chi connectivity index (χ0n) is 27.1. The number of thiazole rings is 1. The van der Waals surface area contributed by atoms with Gasteiger partial charge in [0.05, 0.1) is 38.6 Å². The topological polar surface area (TPSA) is 134 Å². The van der Waals surface area contributed by atoms with Crippen molar-refractivity contribution in [3.63, 3.8) is 0 Å². The van der Waals surface area contributed by atoms with Crippen LogP contribution in [0.5, 0.6) is 23.0 Å². The Balaban J connectivity index is 1.64. The number of carbonyl (C=O) groups excluding carboxylic acids is 3. The lowest BCUT2D eigenvalue weighted by molar-refractivity contribution is -0.132. The van der Waals surface area contributed by atoms with Crippen LogP contribution < -0.4 is 23.8 Å². The molecule has 1 aromatic heterocycles. The Morgan fingerprint density at radius 1 is 0.979 bits per heavy atom. The maximum absolute atomic E-state index is 13.9. The highest BCUT2D eigenvalue weighted by Crippen LogP contribution is 2.48. The van der Waals surface area contributed by atoms with E-state index in [1.165, 1.54) is 27.4 Å². The molecule has 1 saturated heterocycles. The summed E-state index contributed by atoms with van der Waals surface area (Å²) in [5, 5.41) is 11.8. The number of aliphatic hydroxyl groups is 1. The molecule has 1 N–H and O–H groups in total. The van der Waals surface area contributed by atoms with E-state index in [4.69, 9.17) is 23.7 Å². The number of nitrogens with zero attached hydrogens (tertiary/aromatic N) is 2. The molecule has 5 rings (SSSR count). The Kier molecular flexibility index (Phi) is 10.1. The van der Waals surface area contributed by atoms with Crippen LogP contribution in [0.2, 0.25) is 0 Å². The number of ketones is 1. The van der Waals surface area contributed by atoms with Crippen LogP contribution in [-0.2, 0) is 20.9 Å². The molecule has 12 heteroatoms. The normalized spacial score (nSPS) is 15.3. The van der Waals surface area contributed by atoms with Crippen LogP contribution in [0.3, 0.4) is 0 Å². The van der Waals surface area contributed by atoms with E-state index in [2.05, 4.69) is 11.6 Å². The highest BCUT2D eigenvalue weighted by atomic mass is 32.1. The molecule has 11 nitrogen and oxygen atoms in total. The van der Waals surface area contributed by atoms with Gasteiger partial charge in [-0.3, -0.25) is 14.5 Å². The monoisotopic (exact) mass is 670 g/mol. The highest BCUT2D eigenvalue weighted by molar-refractivity contribution is 7.17. The maximum atomic E-state index is 13.9. The van der Waals surface area contributed by atoms with Crippen molar-refractivity contribution in [1.82, 2.24) is 4.98 Å². The van der Waals surface area contributed by atoms with Gasteiger partial charge in [-0.15, -0.1) is 0 Å². The van der Waals surface area contributed by atoms with Gasteiger partial charge in [0, 0.05) is 5.56 Å². The standard InChI is InChI=1S/C36H34N2O9S/c1-7-15-46-35(42)33-21(3)37-36(48-33)38-29(24-17-26(43-4)32(45-6)27(18-24)44-5)28(31(40)34(38)41)30(39)23-13-14-25(20(2)16-23)47-19-22-11-9-8-10-12-22/h7-14,16-18,29,39H,1,15,19H2,2-6H3/t29-/m1/s1. The number of esters is 1. The number of hydrogen-bond donors (Lipinski definition) is 1. The third-order valence-corrected chi connectivity index (χ3v) is 8.78. The maximum Gasteiger partial charge on any atom is 0.350 e. The zero-order chi connectivity index (χ0) is 34.5. The van der Waals surface area contributed by atoms with Gasteiger partial charge < -0.3 is 28.8 Å². The molecule has 3 aromatic carbocycles. The predicted octanol–water partition coefficient (Wildman–Crippen LogP) is 6.33. The van der Waals surface area contributed by atoms with E-state index in [1.54, 1.807) is 37.3 Å². The van der Waals surface area contributed by atoms with Gasteiger partial charge in [0.15, 0.2) is 16.6 Å². The first-order valence-electron chi connectivity index (χ1n) is 14.8. The summed E-state index contributed by atoms with van der Waals surface area (Å²) in [4.78, 5) is 46.2. The number of anilines is 1. The van der Waals surface area contributed by atoms with E-state index < -0.39 is 29.5 Å². The van der Waals surface area contributed by atoms with Crippen molar-refractivity contribution in [2.75, 3.05) is 32.8 Å². The molecule has 1 fully saturated rings. The quantitative estimate of drug-likeness (QED) is 0.0599. The number of Topliss-reactive ketones (excluding diaryl/α,β-unsaturated/α-hetero) is 1. The fraction of sp³-hybridized carbons (Fsp3) is 0.222. The number of carbonyl (C=O) groups is 3. The Bertz CT molecular complexity index is 1890. The largest absolute Gasteiger partial charge is 0.507 e. The Morgan fingerprint density at radius 3 is 2.27 bits per heavy atom. The minimum atomic E-state index is -1.20. The van der Waals surface area contributed by atoms with Crippen molar-refractivity contribution in [3.05, 3.63) is 112 Å². The number of rotatable bonds is 12. The molecule has 1 amide bonds. The van der Waals surface area contributed by atoms with E-state index >= 15 is 0 Å². The second-order valence-corrected chi connectivity index (χ2v) is 11.7. The lowest BCUT2D eigenvalue weighted by Gasteiger charge is -2.24. The van der Waals surface area contributed by atoms with Gasteiger partial charge in [0.1, 0.15) is 29.6 Å². The molecule has 0 spiro atoms. The summed E-state index contributed by atoms with van der Waals surface area (Å²) in [6.07, 6.45) is 1.43. The van der Waals surface area contributed by atoms with Crippen LogP contribution in [0.4, 0.5) is 5.13 Å². The number of aryl methyl sites for hydroxylation is 2. The summed E-state index contributed by atoms with van der Waals surface area (Å²) in [6, 6.07) is 16.6. The first-order valence-corrected chi connectivity index (χ1v) is 15.6. The molecule has 2 heterocycles. The number of aliphatic hydroxyl groups excluding tert-OH is 1. The van der Waals surface area contributed by atoms with Crippen molar-refractivity contribution >= 4 is 39.9 Å². The Morgan fingerprint density at radius 2 is 1.67 bits per heavy atom. The van der Waals surface area contributed by atoms with Crippen molar-refractivity contribution in [2.24, 2.45) is 0 Å². The minimum Gasteiger partial charge on any atom is -0.507 e. The van der Waals surface area contributed by atoms with Crippen LogP contribution in [0.25, 0.3) is 5.76 Å². The second-order valence-electron chi connectivity index (χ2n) is 10.7. The fourth-order valence-corrected chi connectivity index (χ4v) is 6.32. The Labute approximate surface area is 281 Å². The van der Waals surface area contributed by atoms with Gasteiger partial charge in [-0.2, -0.15) is 0 Å². The minimum absolute atomic E-state index is 0.0169. The molecule has 1 atom stereocenters. The molecule has 1 aliphatic rings. The van der Waals surface area contributed by atoms with E-state index in [9.17, 15) is 19.5 Å². The van der Waals surface area contributed by atoms with Gasteiger partial charge in [-0.05, 0) is 60.9 Å². The van der Waals surface area contributed by atoms with Crippen molar-refractivity contribution in [2.45, 2.75) is 26.5 Å². The molecule has 248 valence electrons. The number of benzene rings is 3. The number of hydrogen-bond acceptors (Lipinski definition) is 11. The van der Waals surface area contributed by atoms with Gasteiger partial charge in [0.25, 0.3) is 5.78 Å². The average Bonchev–Trinajstić information content (AvgIpc) is 3.61. The molecule has 0 radical (unpaired) electrons. The van der Waals surface area contributed by atoms with E-state index in [-0.39, 0.29) is 33.7 Å².